The standard InChI is InChI=1S/C10H10N4OS/c1-12-10(15)6-5-13-9(14-8(6)11)7-3-2-4-16-7/h2-5H,1H3,(H,12,15)(H2,11,13,14). The first-order valence-electron chi connectivity index (χ1n) is 4.61. The predicted octanol–water partition coefficient (Wildman–Crippen LogP) is 1.15. The van der Waals surface area contributed by atoms with Gasteiger partial charge in [0.25, 0.3) is 5.91 Å². The van der Waals surface area contributed by atoms with Crippen LogP contribution in [0.4, 0.5) is 5.82 Å². The van der Waals surface area contributed by atoms with Crippen molar-refractivity contribution >= 4 is 23.1 Å². The second-order valence-corrected chi connectivity index (χ2v) is 4.00. The maximum Gasteiger partial charge on any atom is 0.256 e. The molecule has 2 aromatic heterocycles. The number of nitrogens with two attached hydrogens (primary N) is 1. The summed E-state index contributed by atoms with van der Waals surface area (Å²) in [6, 6.07) is 3.81. The first kappa shape index (κ1) is 10.6. The average Bonchev–Trinajstić information content (AvgIpc) is 2.81. The first-order chi connectivity index (χ1) is 7.72. The Hall–Kier alpha value is -1.95. The van der Waals surface area contributed by atoms with E-state index in [2.05, 4.69) is 15.3 Å². The van der Waals surface area contributed by atoms with E-state index in [1.807, 2.05) is 17.5 Å². The van der Waals surface area contributed by atoms with Crippen molar-refractivity contribution in [3.63, 3.8) is 0 Å². The van der Waals surface area contributed by atoms with Gasteiger partial charge >= 0.3 is 0 Å². The summed E-state index contributed by atoms with van der Waals surface area (Å²) in [4.78, 5) is 20.5. The smallest absolute Gasteiger partial charge is 0.256 e. The van der Waals surface area contributed by atoms with Gasteiger partial charge in [0, 0.05) is 13.2 Å². The molecule has 0 aliphatic carbocycles. The third-order valence-corrected chi connectivity index (χ3v) is 2.90. The van der Waals surface area contributed by atoms with Crippen LogP contribution in [-0.4, -0.2) is 22.9 Å². The Bertz CT molecular complexity index is 510. The minimum absolute atomic E-state index is 0.192. The van der Waals surface area contributed by atoms with Crippen molar-refractivity contribution in [1.29, 1.82) is 0 Å². The molecule has 0 aliphatic heterocycles. The number of nitrogen functional groups attached to an aromatic ring is 1. The molecule has 0 saturated heterocycles. The lowest BCUT2D eigenvalue weighted by molar-refractivity contribution is 0.0963. The lowest BCUT2D eigenvalue weighted by Crippen LogP contribution is -2.20. The Balaban J connectivity index is 2.41. The normalized spacial score (nSPS) is 10.1. The van der Waals surface area contributed by atoms with Crippen LogP contribution in [0.1, 0.15) is 10.4 Å². The van der Waals surface area contributed by atoms with Crippen LogP contribution in [0, 0.1) is 0 Å². The third kappa shape index (κ3) is 1.87. The number of anilines is 1. The summed E-state index contributed by atoms with van der Waals surface area (Å²) in [6.45, 7) is 0. The lowest BCUT2D eigenvalue weighted by atomic mass is 10.3. The number of carbonyl (C=O) groups is 1. The Morgan fingerprint density at radius 2 is 2.38 bits per heavy atom. The number of aromatic nitrogens is 2. The summed E-state index contributed by atoms with van der Waals surface area (Å²) in [5.74, 6) is 0.452. The van der Waals surface area contributed by atoms with Gasteiger partial charge in [0.15, 0.2) is 5.82 Å². The van der Waals surface area contributed by atoms with Crippen LogP contribution in [0.3, 0.4) is 0 Å². The van der Waals surface area contributed by atoms with E-state index >= 15 is 0 Å². The highest BCUT2D eigenvalue weighted by molar-refractivity contribution is 7.13. The number of rotatable bonds is 2. The molecule has 0 fully saturated rings. The number of nitrogens with one attached hydrogen (secondary N) is 1. The fourth-order valence-electron chi connectivity index (χ4n) is 1.23. The second-order valence-electron chi connectivity index (χ2n) is 3.05. The molecule has 0 saturated carbocycles. The molecule has 0 spiro atoms. The molecule has 5 nitrogen and oxygen atoms in total. The van der Waals surface area contributed by atoms with Crippen molar-refractivity contribution in [1.82, 2.24) is 15.3 Å². The van der Waals surface area contributed by atoms with Gasteiger partial charge in [-0.05, 0) is 11.4 Å². The van der Waals surface area contributed by atoms with Gasteiger partial charge in [0.2, 0.25) is 0 Å². The number of hydrogen-bond donors (Lipinski definition) is 2. The number of hydrogen-bond acceptors (Lipinski definition) is 5. The van der Waals surface area contributed by atoms with Crippen LogP contribution in [0.2, 0.25) is 0 Å². The summed E-state index contributed by atoms with van der Waals surface area (Å²) in [7, 11) is 1.54. The van der Waals surface area contributed by atoms with Crippen molar-refractivity contribution in [2.45, 2.75) is 0 Å². The van der Waals surface area contributed by atoms with E-state index in [1.54, 1.807) is 0 Å². The monoisotopic (exact) mass is 234 g/mol. The Labute approximate surface area is 96.3 Å². The van der Waals surface area contributed by atoms with E-state index in [4.69, 9.17) is 5.73 Å². The molecule has 0 aliphatic rings. The lowest BCUT2D eigenvalue weighted by Gasteiger charge is -2.03. The molecule has 0 bridgehead atoms. The molecule has 1 amide bonds. The zero-order chi connectivity index (χ0) is 11.5. The van der Waals surface area contributed by atoms with Crippen LogP contribution >= 0.6 is 11.3 Å². The van der Waals surface area contributed by atoms with Gasteiger partial charge in [0.1, 0.15) is 5.82 Å². The maximum atomic E-state index is 11.4. The molecule has 0 unspecified atom stereocenters. The molecule has 2 rings (SSSR count). The van der Waals surface area contributed by atoms with Gasteiger partial charge < -0.3 is 11.1 Å². The number of carbonyl (C=O) groups excluding carboxylic acids is 1. The average molecular weight is 234 g/mol. The molecular weight excluding hydrogens is 224 g/mol. The number of nitrogens with zero attached hydrogens (tertiary/aromatic N) is 2. The summed E-state index contributed by atoms with van der Waals surface area (Å²) >= 11 is 1.52. The molecule has 16 heavy (non-hydrogen) atoms. The van der Waals surface area contributed by atoms with E-state index in [1.165, 1.54) is 24.6 Å². The van der Waals surface area contributed by atoms with Crippen molar-refractivity contribution in [3.05, 3.63) is 29.3 Å². The fraction of sp³-hybridized carbons (Fsp3) is 0.100. The molecule has 82 valence electrons. The van der Waals surface area contributed by atoms with Crippen LogP contribution in [0.5, 0.6) is 0 Å². The van der Waals surface area contributed by atoms with Crippen LogP contribution in [0.25, 0.3) is 10.7 Å². The van der Waals surface area contributed by atoms with Crippen molar-refractivity contribution in [2.24, 2.45) is 0 Å². The molecule has 3 N–H and O–H groups in total. The van der Waals surface area contributed by atoms with Gasteiger partial charge in [0.05, 0.1) is 10.4 Å². The van der Waals surface area contributed by atoms with E-state index in [0.717, 1.165) is 4.88 Å². The first-order valence-corrected chi connectivity index (χ1v) is 5.49. The van der Waals surface area contributed by atoms with Gasteiger partial charge in [-0.25, -0.2) is 9.97 Å². The molecule has 2 aromatic rings. The minimum Gasteiger partial charge on any atom is -0.383 e. The van der Waals surface area contributed by atoms with Crippen molar-refractivity contribution in [2.75, 3.05) is 12.8 Å². The van der Waals surface area contributed by atoms with E-state index < -0.39 is 0 Å². The molecule has 2 heterocycles. The number of thiophene rings is 1. The minimum atomic E-state index is -0.282. The maximum absolute atomic E-state index is 11.4. The largest absolute Gasteiger partial charge is 0.383 e. The van der Waals surface area contributed by atoms with E-state index in [9.17, 15) is 4.79 Å². The van der Waals surface area contributed by atoms with E-state index in [-0.39, 0.29) is 11.7 Å². The fourth-order valence-corrected chi connectivity index (χ4v) is 1.89. The van der Waals surface area contributed by atoms with Gasteiger partial charge in [-0.2, -0.15) is 0 Å². The zero-order valence-electron chi connectivity index (χ0n) is 8.60. The van der Waals surface area contributed by atoms with Crippen LogP contribution in [-0.2, 0) is 0 Å². The molecule has 0 aromatic carbocycles. The van der Waals surface area contributed by atoms with Crippen molar-refractivity contribution < 1.29 is 4.79 Å². The summed E-state index contributed by atoms with van der Waals surface area (Å²) in [5.41, 5.74) is 5.99. The van der Waals surface area contributed by atoms with Gasteiger partial charge in [-0.15, -0.1) is 11.3 Å². The summed E-state index contributed by atoms with van der Waals surface area (Å²) in [5, 5.41) is 4.41. The third-order valence-electron chi connectivity index (χ3n) is 2.03. The molecule has 0 radical (unpaired) electrons. The van der Waals surface area contributed by atoms with Crippen molar-refractivity contribution in [3.8, 4) is 10.7 Å². The van der Waals surface area contributed by atoms with Crippen LogP contribution in [0.15, 0.2) is 23.7 Å². The highest BCUT2D eigenvalue weighted by Crippen LogP contribution is 2.22. The summed E-state index contributed by atoms with van der Waals surface area (Å²) in [6.07, 6.45) is 1.44. The second kappa shape index (κ2) is 4.28. The highest BCUT2D eigenvalue weighted by Gasteiger charge is 2.11. The Morgan fingerprint density at radius 1 is 1.56 bits per heavy atom. The quantitative estimate of drug-likeness (QED) is 0.816. The molecule has 0 atom stereocenters. The SMILES string of the molecule is CNC(=O)c1cnc(-c2cccs2)nc1N. The van der Waals surface area contributed by atoms with Gasteiger partial charge in [-0.1, -0.05) is 6.07 Å². The molecule has 6 heteroatoms. The zero-order valence-corrected chi connectivity index (χ0v) is 9.41. The number of amides is 1. The van der Waals surface area contributed by atoms with Crippen LogP contribution < -0.4 is 11.1 Å². The molecular formula is C10H10N4OS. The Kier molecular flexibility index (Phi) is 2.82. The predicted molar refractivity (Wildman–Crippen MR) is 63.1 cm³/mol. The summed E-state index contributed by atoms with van der Waals surface area (Å²) < 4.78 is 0. The topological polar surface area (TPSA) is 80.9 Å². The van der Waals surface area contributed by atoms with Gasteiger partial charge in [-0.3, -0.25) is 4.79 Å². The Morgan fingerprint density at radius 3 is 2.94 bits per heavy atom. The van der Waals surface area contributed by atoms with E-state index in [0.29, 0.717) is 11.4 Å². The highest BCUT2D eigenvalue weighted by atomic mass is 32.1.